The highest BCUT2D eigenvalue weighted by molar-refractivity contribution is 5.24. The Hall–Kier alpha value is -1.67. The molecule has 0 heterocycles. The lowest BCUT2D eigenvalue weighted by molar-refractivity contribution is 0.181. The fourth-order valence-electron chi connectivity index (χ4n) is 1.65. The Kier molecular flexibility index (Phi) is 4.62. The van der Waals surface area contributed by atoms with Crippen LogP contribution in [0.3, 0.4) is 0 Å². The highest BCUT2D eigenvalue weighted by atomic mass is 19.1. The lowest BCUT2D eigenvalue weighted by atomic mass is 9.97. The highest BCUT2D eigenvalue weighted by Gasteiger charge is 2.25. The van der Waals surface area contributed by atoms with Crippen LogP contribution in [-0.2, 0) is 0 Å². The Labute approximate surface area is 105 Å². The normalized spacial score (nSPS) is 15.6. The van der Waals surface area contributed by atoms with E-state index in [9.17, 15) is 8.78 Å². The van der Waals surface area contributed by atoms with Crippen LogP contribution < -0.4 is 10.1 Å². The lowest BCUT2D eigenvalue weighted by Crippen LogP contribution is -2.41. The van der Waals surface area contributed by atoms with Gasteiger partial charge in [0.25, 0.3) is 0 Å². The number of halogens is 2. The molecule has 98 valence electrons. The van der Waals surface area contributed by atoms with Crippen LogP contribution in [0.2, 0.25) is 0 Å². The van der Waals surface area contributed by atoms with Gasteiger partial charge in [-0.3, -0.25) is 0 Å². The van der Waals surface area contributed by atoms with Crippen LogP contribution in [0.4, 0.5) is 8.78 Å². The van der Waals surface area contributed by atoms with Gasteiger partial charge in [-0.25, -0.2) is 8.78 Å². The second-order valence-electron chi connectivity index (χ2n) is 4.43. The first-order chi connectivity index (χ1) is 8.38. The monoisotopic (exact) mass is 254 g/mol. The standard InChI is InChI=1S/C13H16F2N2O/c1-9(7-13(2,8-16)17-3)18-12-5-10(14)4-11(15)6-12/h4-6,9,17H,7H2,1-3H3. The van der Waals surface area contributed by atoms with E-state index in [1.54, 1.807) is 20.9 Å². The first-order valence-electron chi connectivity index (χ1n) is 5.61. The summed E-state index contributed by atoms with van der Waals surface area (Å²) in [5.41, 5.74) is -0.731. The van der Waals surface area contributed by atoms with Crippen molar-refractivity contribution < 1.29 is 13.5 Å². The van der Waals surface area contributed by atoms with Crippen molar-refractivity contribution in [2.75, 3.05) is 7.05 Å². The van der Waals surface area contributed by atoms with Crippen LogP contribution in [0, 0.1) is 23.0 Å². The van der Waals surface area contributed by atoms with E-state index < -0.39 is 17.2 Å². The molecule has 0 radical (unpaired) electrons. The number of nitrogens with one attached hydrogen (secondary N) is 1. The molecule has 0 fully saturated rings. The van der Waals surface area contributed by atoms with E-state index in [4.69, 9.17) is 10.00 Å². The van der Waals surface area contributed by atoms with E-state index in [2.05, 4.69) is 11.4 Å². The summed E-state index contributed by atoms with van der Waals surface area (Å²) in [5.74, 6) is -1.25. The Morgan fingerprint density at radius 2 is 1.94 bits per heavy atom. The third-order valence-corrected chi connectivity index (χ3v) is 2.67. The molecule has 5 heteroatoms. The van der Waals surface area contributed by atoms with Gasteiger partial charge in [0.15, 0.2) is 0 Å². The van der Waals surface area contributed by atoms with E-state index in [1.165, 1.54) is 0 Å². The molecule has 0 saturated carbocycles. The topological polar surface area (TPSA) is 45.0 Å². The van der Waals surface area contributed by atoms with E-state index in [-0.39, 0.29) is 11.9 Å². The van der Waals surface area contributed by atoms with Crippen molar-refractivity contribution in [3.05, 3.63) is 29.8 Å². The average molecular weight is 254 g/mol. The molecule has 0 aromatic heterocycles. The van der Waals surface area contributed by atoms with E-state index in [1.807, 2.05) is 0 Å². The summed E-state index contributed by atoms with van der Waals surface area (Å²) >= 11 is 0. The number of nitrogens with zero attached hydrogens (tertiary/aromatic N) is 1. The highest BCUT2D eigenvalue weighted by Crippen LogP contribution is 2.20. The number of hydrogen-bond acceptors (Lipinski definition) is 3. The van der Waals surface area contributed by atoms with Crippen LogP contribution in [0.5, 0.6) is 5.75 Å². The summed E-state index contributed by atoms with van der Waals surface area (Å²) in [7, 11) is 1.68. The third-order valence-electron chi connectivity index (χ3n) is 2.67. The third kappa shape index (κ3) is 3.97. The molecule has 1 rings (SSSR count). The molecular formula is C13H16F2N2O. The molecule has 0 aliphatic rings. The van der Waals surface area contributed by atoms with Crippen molar-refractivity contribution in [2.24, 2.45) is 0 Å². The van der Waals surface area contributed by atoms with Crippen LogP contribution in [0.25, 0.3) is 0 Å². The minimum Gasteiger partial charge on any atom is -0.490 e. The maximum absolute atomic E-state index is 13.0. The number of benzene rings is 1. The van der Waals surface area contributed by atoms with Crippen molar-refractivity contribution >= 4 is 0 Å². The van der Waals surface area contributed by atoms with Crippen LogP contribution in [0.1, 0.15) is 20.3 Å². The largest absolute Gasteiger partial charge is 0.490 e. The second kappa shape index (κ2) is 5.78. The van der Waals surface area contributed by atoms with Gasteiger partial charge < -0.3 is 10.1 Å². The predicted molar refractivity (Wildman–Crippen MR) is 64.1 cm³/mol. The molecule has 1 N–H and O–H groups in total. The maximum Gasteiger partial charge on any atom is 0.129 e. The van der Waals surface area contributed by atoms with Crippen LogP contribution in [-0.4, -0.2) is 18.7 Å². The quantitative estimate of drug-likeness (QED) is 0.878. The summed E-state index contributed by atoms with van der Waals surface area (Å²) in [6.07, 6.45) is 0.0568. The molecule has 3 nitrogen and oxygen atoms in total. The number of nitriles is 1. The van der Waals surface area contributed by atoms with Gasteiger partial charge in [-0.1, -0.05) is 0 Å². The zero-order valence-corrected chi connectivity index (χ0v) is 10.6. The summed E-state index contributed by atoms with van der Waals surface area (Å²) < 4.78 is 31.3. The van der Waals surface area contributed by atoms with Gasteiger partial charge in [0.1, 0.15) is 22.9 Å². The summed E-state index contributed by atoms with van der Waals surface area (Å²) in [4.78, 5) is 0. The van der Waals surface area contributed by atoms with Crippen molar-refractivity contribution in [3.63, 3.8) is 0 Å². The molecule has 0 spiro atoms. The summed E-state index contributed by atoms with van der Waals surface area (Å²) in [5, 5.41) is 11.9. The van der Waals surface area contributed by atoms with Gasteiger partial charge in [0.05, 0.1) is 12.2 Å². The van der Waals surface area contributed by atoms with Gasteiger partial charge in [0.2, 0.25) is 0 Å². The zero-order valence-electron chi connectivity index (χ0n) is 10.6. The summed E-state index contributed by atoms with van der Waals surface area (Å²) in [6, 6.07) is 5.14. The molecule has 2 unspecified atom stereocenters. The van der Waals surface area contributed by atoms with E-state index >= 15 is 0 Å². The fraction of sp³-hybridized carbons (Fsp3) is 0.462. The predicted octanol–water partition coefficient (Wildman–Crippen LogP) is 2.62. The molecule has 0 aliphatic heterocycles. The molecule has 2 atom stereocenters. The average Bonchev–Trinajstić information content (AvgIpc) is 2.27. The SMILES string of the molecule is CNC(C)(C#N)CC(C)Oc1cc(F)cc(F)c1. The Bertz CT molecular complexity index is 439. The zero-order chi connectivity index (χ0) is 13.8. The Morgan fingerprint density at radius 3 is 2.39 bits per heavy atom. The molecular weight excluding hydrogens is 238 g/mol. The van der Waals surface area contributed by atoms with Crippen molar-refractivity contribution in [1.29, 1.82) is 5.26 Å². The number of rotatable bonds is 5. The van der Waals surface area contributed by atoms with E-state index in [0.29, 0.717) is 6.42 Å². The first-order valence-corrected chi connectivity index (χ1v) is 5.61. The van der Waals surface area contributed by atoms with Crippen molar-refractivity contribution in [3.8, 4) is 11.8 Å². The first kappa shape index (κ1) is 14.4. The van der Waals surface area contributed by atoms with E-state index in [0.717, 1.165) is 18.2 Å². The number of hydrogen-bond donors (Lipinski definition) is 1. The molecule has 0 saturated heterocycles. The van der Waals surface area contributed by atoms with Crippen LogP contribution >= 0.6 is 0 Å². The van der Waals surface area contributed by atoms with Gasteiger partial charge in [-0.15, -0.1) is 0 Å². The Morgan fingerprint density at radius 1 is 1.39 bits per heavy atom. The minimum absolute atomic E-state index is 0.122. The van der Waals surface area contributed by atoms with Crippen LogP contribution in [0.15, 0.2) is 18.2 Å². The molecule has 1 aromatic rings. The molecule has 0 bridgehead atoms. The lowest BCUT2D eigenvalue weighted by Gasteiger charge is -2.25. The smallest absolute Gasteiger partial charge is 0.129 e. The van der Waals surface area contributed by atoms with Crippen molar-refractivity contribution in [2.45, 2.75) is 31.9 Å². The molecule has 0 amide bonds. The number of ether oxygens (including phenoxy) is 1. The molecule has 18 heavy (non-hydrogen) atoms. The Balaban J connectivity index is 2.70. The fourth-order valence-corrected chi connectivity index (χ4v) is 1.65. The van der Waals surface area contributed by atoms with Gasteiger partial charge in [-0.05, 0) is 20.9 Å². The molecule has 0 aliphatic carbocycles. The second-order valence-corrected chi connectivity index (χ2v) is 4.43. The van der Waals surface area contributed by atoms with Gasteiger partial charge >= 0.3 is 0 Å². The van der Waals surface area contributed by atoms with Gasteiger partial charge in [-0.2, -0.15) is 5.26 Å². The maximum atomic E-state index is 13.0. The van der Waals surface area contributed by atoms with Gasteiger partial charge in [0, 0.05) is 24.6 Å². The van der Waals surface area contributed by atoms with Crippen molar-refractivity contribution in [1.82, 2.24) is 5.32 Å². The summed E-state index contributed by atoms with van der Waals surface area (Å²) in [6.45, 7) is 3.48. The minimum atomic E-state index is -0.731. The molecule has 1 aromatic carbocycles.